The molecule has 202 valence electrons. The lowest BCUT2D eigenvalue weighted by Gasteiger charge is -2.52. The third-order valence-electron chi connectivity index (χ3n) is 8.71. The van der Waals surface area contributed by atoms with Gasteiger partial charge in [0.25, 0.3) is 0 Å². The van der Waals surface area contributed by atoms with Gasteiger partial charge in [-0.25, -0.2) is 14.2 Å². The number of carboxylic acids is 1. The molecule has 0 spiro atoms. The first-order chi connectivity index (χ1) is 18.8. The van der Waals surface area contributed by atoms with Crippen LogP contribution in [0, 0.1) is 5.82 Å². The van der Waals surface area contributed by atoms with E-state index in [1.54, 1.807) is 12.4 Å². The van der Waals surface area contributed by atoms with Crippen LogP contribution < -0.4 is 0 Å². The summed E-state index contributed by atoms with van der Waals surface area (Å²) in [5.74, 6) is -0.536. The number of carboxylic acid groups (broad SMARTS) is 1. The Morgan fingerprint density at radius 1 is 1.13 bits per heavy atom. The van der Waals surface area contributed by atoms with Crippen molar-refractivity contribution in [2.75, 3.05) is 0 Å². The van der Waals surface area contributed by atoms with E-state index in [9.17, 15) is 14.3 Å². The van der Waals surface area contributed by atoms with E-state index in [1.165, 1.54) is 17.4 Å². The predicted octanol–water partition coefficient (Wildman–Crippen LogP) is 7.93. The van der Waals surface area contributed by atoms with E-state index in [0.717, 1.165) is 73.8 Å². The van der Waals surface area contributed by atoms with Crippen molar-refractivity contribution in [2.45, 2.75) is 74.9 Å². The molecule has 4 aliphatic carbocycles. The number of rotatable bonds is 7. The Morgan fingerprint density at radius 3 is 2.46 bits per heavy atom. The standard InChI is InChI=1S/C28H24Cl2FN3O4S/c29-17-11-32-12-18(30)21(17)22-16(24(38-34-22)14-1-2-14)13-37-28-6-3-27(4-7-28,5-8-28)26-33-23-19(31)9-15(25(35)36)10-20(23)39-26/h9-12,14H,1-8,13H2,(H,35,36). The highest BCUT2D eigenvalue weighted by Gasteiger charge is 2.52. The minimum absolute atomic E-state index is 0.0552. The zero-order chi connectivity index (χ0) is 26.9. The van der Waals surface area contributed by atoms with Crippen molar-refractivity contribution in [1.29, 1.82) is 0 Å². The molecule has 0 radical (unpaired) electrons. The number of pyridine rings is 1. The lowest BCUT2D eigenvalue weighted by atomic mass is 9.59. The fourth-order valence-electron chi connectivity index (χ4n) is 6.21. The molecule has 0 saturated heterocycles. The van der Waals surface area contributed by atoms with Crippen molar-refractivity contribution in [3.05, 3.63) is 62.3 Å². The van der Waals surface area contributed by atoms with Crippen LogP contribution in [0.15, 0.2) is 29.0 Å². The van der Waals surface area contributed by atoms with Crippen LogP contribution in [-0.2, 0) is 16.8 Å². The molecule has 3 aromatic heterocycles. The van der Waals surface area contributed by atoms with Gasteiger partial charge >= 0.3 is 5.97 Å². The van der Waals surface area contributed by atoms with Crippen LogP contribution in [0.3, 0.4) is 0 Å². The molecule has 2 bridgehead atoms. The Hall–Kier alpha value is -2.59. The van der Waals surface area contributed by atoms with Crippen molar-refractivity contribution >= 4 is 50.7 Å². The molecule has 39 heavy (non-hydrogen) atoms. The van der Waals surface area contributed by atoms with Gasteiger partial charge in [0.15, 0.2) is 5.82 Å². The quantitative estimate of drug-likeness (QED) is 0.234. The molecular formula is C28H24Cl2FN3O4S. The molecule has 3 heterocycles. The zero-order valence-corrected chi connectivity index (χ0v) is 23.1. The Balaban J connectivity index is 1.13. The topological polar surface area (TPSA) is 98.3 Å². The summed E-state index contributed by atoms with van der Waals surface area (Å²) in [6.45, 7) is 0.358. The maximum atomic E-state index is 14.6. The first-order valence-electron chi connectivity index (χ1n) is 13.0. The van der Waals surface area contributed by atoms with Crippen molar-refractivity contribution in [3.8, 4) is 11.3 Å². The van der Waals surface area contributed by atoms with E-state index < -0.39 is 11.8 Å². The summed E-state index contributed by atoms with van der Waals surface area (Å²) in [4.78, 5) is 20.1. The van der Waals surface area contributed by atoms with Crippen LogP contribution in [0.25, 0.3) is 21.5 Å². The molecule has 4 fully saturated rings. The Morgan fingerprint density at radius 2 is 1.82 bits per heavy atom. The SMILES string of the molecule is O=C(O)c1cc(F)c2nc(C34CCC(OCc5c(-c6c(Cl)cncc6Cl)noc5C5CC5)(CC3)CC4)sc2c1. The average Bonchev–Trinajstić information content (AvgIpc) is 3.53. The number of nitrogens with zero attached hydrogens (tertiary/aromatic N) is 3. The highest BCUT2D eigenvalue weighted by Crippen LogP contribution is 2.57. The lowest BCUT2D eigenvalue weighted by Crippen LogP contribution is -2.49. The van der Waals surface area contributed by atoms with Gasteiger partial charge in [-0.05, 0) is 63.5 Å². The normalized spacial score (nSPS) is 24.5. The van der Waals surface area contributed by atoms with Gasteiger partial charge in [-0.1, -0.05) is 28.4 Å². The highest BCUT2D eigenvalue weighted by molar-refractivity contribution is 7.18. The maximum Gasteiger partial charge on any atom is 0.335 e. The molecule has 4 saturated carbocycles. The van der Waals surface area contributed by atoms with E-state index in [4.69, 9.17) is 32.5 Å². The first-order valence-corrected chi connectivity index (χ1v) is 14.6. The van der Waals surface area contributed by atoms with Gasteiger partial charge in [0.2, 0.25) is 0 Å². The van der Waals surface area contributed by atoms with Gasteiger partial charge in [-0.15, -0.1) is 11.3 Å². The fraction of sp³-hybridized carbons (Fsp3) is 0.429. The molecule has 1 N–H and O–H groups in total. The number of ether oxygens (including phenoxy) is 1. The molecule has 0 unspecified atom stereocenters. The number of halogens is 3. The lowest BCUT2D eigenvalue weighted by molar-refractivity contribution is -0.127. The van der Waals surface area contributed by atoms with Gasteiger partial charge in [0.05, 0.1) is 32.5 Å². The number of carbonyl (C=O) groups is 1. The molecule has 4 aliphatic rings. The van der Waals surface area contributed by atoms with Crippen LogP contribution in [0.4, 0.5) is 4.39 Å². The van der Waals surface area contributed by atoms with Gasteiger partial charge in [0.1, 0.15) is 22.0 Å². The van der Waals surface area contributed by atoms with Gasteiger partial charge < -0.3 is 14.4 Å². The molecule has 8 rings (SSSR count). The Labute approximate surface area is 237 Å². The Kier molecular flexibility index (Phi) is 6.01. The number of hydrogen-bond donors (Lipinski definition) is 1. The molecule has 0 aliphatic heterocycles. The minimum atomic E-state index is -1.14. The van der Waals surface area contributed by atoms with Gasteiger partial charge in [-0.3, -0.25) is 4.98 Å². The Bertz CT molecular complexity index is 1590. The van der Waals surface area contributed by atoms with E-state index in [1.807, 2.05) is 0 Å². The smallest absolute Gasteiger partial charge is 0.335 e. The fourth-order valence-corrected chi connectivity index (χ4v) is 8.05. The summed E-state index contributed by atoms with van der Waals surface area (Å²) in [6.07, 6.45) is 10.5. The summed E-state index contributed by atoms with van der Waals surface area (Å²) in [5, 5.41) is 15.4. The molecule has 1 aromatic carbocycles. The predicted molar refractivity (Wildman–Crippen MR) is 145 cm³/mol. The molecule has 7 nitrogen and oxygen atoms in total. The largest absolute Gasteiger partial charge is 0.478 e. The van der Waals surface area contributed by atoms with Crippen LogP contribution in [-0.4, -0.2) is 31.8 Å². The highest BCUT2D eigenvalue weighted by atomic mass is 35.5. The van der Waals surface area contributed by atoms with Crippen LogP contribution in [0.5, 0.6) is 0 Å². The number of thiazole rings is 1. The van der Waals surface area contributed by atoms with E-state index in [-0.39, 0.29) is 22.1 Å². The zero-order valence-electron chi connectivity index (χ0n) is 20.8. The van der Waals surface area contributed by atoms with Crippen LogP contribution in [0.1, 0.15) is 84.0 Å². The van der Waals surface area contributed by atoms with Crippen LogP contribution >= 0.6 is 34.5 Å². The molecular weight excluding hydrogens is 564 g/mol. The van der Waals surface area contributed by atoms with E-state index in [2.05, 4.69) is 15.1 Å². The van der Waals surface area contributed by atoms with Gasteiger partial charge in [-0.2, -0.15) is 0 Å². The second-order valence-electron chi connectivity index (χ2n) is 11.0. The number of aromatic nitrogens is 3. The number of aromatic carboxylic acids is 1. The summed E-state index contributed by atoms with van der Waals surface area (Å²) in [5.41, 5.74) is 1.94. The molecule has 0 amide bonds. The maximum absolute atomic E-state index is 14.6. The van der Waals surface area contributed by atoms with E-state index >= 15 is 0 Å². The number of benzene rings is 1. The van der Waals surface area contributed by atoms with Crippen molar-refractivity contribution in [3.63, 3.8) is 0 Å². The van der Waals surface area contributed by atoms with Crippen molar-refractivity contribution in [2.24, 2.45) is 0 Å². The summed E-state index contributed by atoms with van der Waals surface area (Å²) >= 11 is 14.3. The molecule has 0 atom stereocenters. The second-order valence-corrected chi connectivity index (χ2v) is 12.9. The van der Waals surface area contributed by atoms with Crippen LogP contribution in [0.2, 0.25) is 10.0 Å². The van der Waals surface area contributed by atoms with Gasteiger partial charge in [0, 0.05) is 34.9 Å². The first kappa shape index (κ1) is 25.4. The molecule has 11 heteroatoms. The summed E-state index contributed by atoms with van der Waals surface area (Å²) in [6, 6.07) is 2.57. The monoisotopic (exact) mass is 587 g/mol. The average molecular weight is 588 g/mol. The summed E-state index contributed by atoms with van der Waals surface area (Å²) in [7, 11) is 0. The minimum Gasteiger partial charge on any atom is -0.478 e. The molecule has 4 aromatic rings. The van der Waals surface area contributed by atoms with Crippen molar-refractivity contribution < 1.29 is 23.6 Å². The van der Waals surface area contributed by atoms with E-state index in [0.29, 0.717) is 38.5 Å². The third kappa shape index (κ3) is 4.25. The summed E-state index contributed by atoms with van der Waals surface area (Å²) < 4.78 is 27.7. The second kappa shape index (κ2) is 9.23. The van der Waals surface area contributed by atoms with Crippen molar-refractivity contribution in [1.82, 2.24) is 15.1 Å². The number of hydrogen-bond acceptors (Lipinski definition) is 7. The number of fused-ring (bicyclic) bond motifs is 4. The third-order valence-corrected chi connectivity index (χ3v) is 10.5.